The molecule has 0 bridgehead atoms. The van der Waals surface area contributed by atoms with Crippen molar-refractivity contribution in [2.75, 3.05) is 6.54 Å². The van der Waals surface area contributed by atoms with E-state index in [0.717, 1.165) is 24.8 Å². The standard InChI is InChI=1S/C20H24N2O3/c23-19(24)14-15-21-20(25)22-18(17-11-5-2-6-12-17)13-7-10-16-8-3-1-4-9-16/h1-6,8-9,11-12,18H,7,10,13-15H2,(H,23,24)(H2,21,22,25). The van der Waals surface area contributed by atoms with Crippen molar-refractivity contribution < 1.29 is 14.7 Å². The maximum absolute atomic E-state index is 12.0. The molecule has 2 rings (SSSR count). The summed E-state index contributed by atoms with van der Waals surface area (Å²) in [6, 6.07) is 19.6. The molecule has 5 heteroatoms. The Bertz CT molecular complexity index is 659. The van der Waals surface area contributed by atoms with Gasteiger partial charge in [-0.1, -0.05) is 60.7 Å². The molecule has 132 valence electrons. The number of urea groups is 1. The van der Waals surface area contributed by atoms with E-state index < -0.39 is 5.97 Å². The van der Waals surface area contributed by atoms with Crippen LogP contribution < -0.4 is 10.6 Å². The fourth-order valence-electron chi connectivity index (χ4n) is 2.65. The number of carbonyl (C=O) groups is 2. The number of carboxylic acid groups (broad SMARTS) is 1. The van der Waals surface area contributed by atoms with E-state index >= 15 is 0 Å². The minimum atomic E-state index is -0.928. The summed E-state index contributed by atoms with van der Waals surface area (Å²) in [6.45, 7) is 0.118. The van der Waals surface area contributed by atoms with Crippen molar-refractivity contribution in [3.05, 3.63) is 71.8 Å². The van der Waals surface area contributed by atoms with E-state index in [4.69, 9.17) is 5.11 Å². The highest BCUT2D eigenvalue weighted by molar-refractivity contribution is 5.75. The Hall–Kier alpha value is -2.82. The zero-order chi connectivity index (χ0) is 17.9. The van der Waals surface area contributed by atoms with Gasteiger partial charge in [0, 0.05) is 6.54 Å². The van der Waals surface area contributed by atoms with Crippen LogP contribution in [0.4, 0.5) is 4.79 Å². The molecule has 0 saturated carbocycles. The van der Waals surface area contributed by atoms with Crippen molar-refractivity contribution in [1.29, 1.82) is 0 Å². The quantitative estimate of drug-likeness (QED) is 0.653. The van der Waals surface area contributed by atoms with Gasteiger partial charge in [0.15, 0.2) is 0 Å². The van der Waals surface area contributed by atoms with Gasteiger partial charge in [0.05, 0.1) is 12.5 Å². The summed E-state index contributed by atoms with van der Waals surface area (Å²) >= 11 is 0. The number of nitrogens with one attached hydrogen (secondary N) is 2. The first-order valence-electron chi connectivity index (χ1n) is 8.50. The van der Waals surface area contributed by atoms with Crippen LogP contribution in [0.5, 0.6) is 0 Å². The molecule has 2 aromatic rings. The van der Waals surface area contributed by atoms with E-state index in [1.165, 1.54) is 5.56 Å². The Kier molecular flexibility index (Phi) is 7.50. The Labute approximate surface area is 148 Å². The van der Waals surface area contributed by atoms with Crippen LogP contribution in [0, 0.1) is 0 Å². The van der Waals surface area contributed by atoms with E-state index in [1.807, 2.05) is 48.5 Å². The minimum absolute atomic E-state index is 0.0859. The second kappa shape index (κ2) is 10.1. The lowest BCUT2D eigenvalue weighted by atomic mass is 9.99. The second-order valence-corrected chi connectivity index (χ2v) is 5.89. The van der Waals surface area contributed by atoms with Crippen LogP contribution >= 0.6 is 0 Å². The van der Waals surface area contributed by atoms with Crippen LogP contribution in [0.2, 0.25) is 0 Å². The Morgan fingerprint density at radius 2 is 1.60 bits per heavy atom. The molecule has 2 amide bonds. The van der Waals surface area contributed by atoms with Crippen LogP contribution in [0.15, 0.2) is 60.7 Å². The molecule has 0 aliphatic carbocycles. The number of benzene rings is 2. The van der Waals surface area contributed by atoms with Crippen LogP contribution in [0.1, 0.15) is 36.4 Å². The van der Waals surface area contributed by atoms with Crippen molar-refractivity contribution in [1.82, 2.24) is 10.6 Å². The van der Waals surface area contributed by atoms with Crippen LogP contribution in [-0.4, -0.2) is 23.7 Å². The van der Waals surface area contributed by atoms with Crippen LogP contribution in [0.3, 0.4) is 0 Å². The summed E-state index contributed by atoms with van der Waals surface area (Å²) in [4.78, 5) is 22.6. The summed E-state index contributed by atoms with van der Waals surface area (Å²) in [5.74, 6) is -0.928. The maximum atomic E-state index is 12.0. The summed E-state index contributed by atoms with van der Waals surface area (Å²) in [5.41, 5.74) is 2.32. The van der Waals surface area contributed by atoms with Gasteiger partial charge in [-0.3, -0.25) is 4.79 Å². The largest absolute Gasteiger partial charge is 0.481 e. The third kappa shape index (κ3) is 7.08. The molecular weight excluding hydrogens is 316 g/mol. The molecule has 1 atom stereocenters. The predicted molar refractivity (Wildman–Crippen MR) is 97.4 cm³/mol. The van der Waals surface area contributed by atoms with E-state index in [2.05, 4.69) is 22.8 Å². The normalized spacial score (nSPS) is 11.5. The van der Waals surface area contributed by atoms with Gasteiger partial charge in [0.1, 0.15) is 0 Å². The molecule has 0 heterocycles. The molecule has 0 saturated heterocycles. The number of hydrogen-bond donors (Lipinski definition) is 3. The van der Waals surface area contributed by atoms with E-state index in [-0.39, 0.29) is 25.0 Å². The topological polar surface area (TPSA) is 78.4 Å². The zero-order valence-electron chi connectivity index (χ0n) is 14.2. The summed E-state index contributed by atoms with van der Waals surface area (Å²) in [5, 5.41) is 14.2. The molecule has 2 aromatic carbocycles. The number of aliphatic carboxylic acids is 1. The van der Waals surface area contributed by atoms with Gasteiger partial charge in [-0.25, -0.2) is 4.79 Å². The maximum Gasteiger partial charge on any atom is 0.315 e. The number of rotatable bonds is 9. The predicted octanol–water partition coefficient (Wildman–Crippen LogP) is 3.52. The molecule has 3 N–H and O–H groups in total. The lowest BCUT2D eigenvalue weighted by molar-refractivity contribution is -0.136. The fourth-order valence-corrected chi connectivity index (χ4v) is 2.65. The first kappa shape index (κ1) is 18.5. The molecule has 0 fully saturated rings. The van der Waals surface area contributed by atoms with Crippen molar-refractivity contribution in [2.24, 2.45) is 0 Å². The van der Waals surface area contributed by atoms with Gasteiger partial charge in [-0.05, 0) is 30.4 Å². The van der Waals surface area contributed by atoms with Gasteiger partial charge in [-0.2, -0.15) is 0 Å². The Morgan fingerprint density at radius 1 is 0.960 bits per heavy atom. The Morgan fingerprint density at radius 3 is 2.24 bits per heavy atom. The average Bonchev–Trinajstić information content (AvgIpc) is 2.62. The van der Waals surface area contributed by atoms with Gasteiger partial charge in [0.25, 0.3) is 0 Å². The first-order valence-corrected chi connectivity index (χ1v) is 8.50. The molecule has 0 spiro atoms. The summed E-state index contributed by atoms with van der Waals surface area (Å²) in [6.07, 6.45) is 2.62. The van der Waals surface area contributed by atoms with Gasteiger partial charge < -0.3 is 15.7 Å². The molecule has 1 unspecified atom stereocenters. The van der Waals surface area contributed by atoms with E-state index in [9.17, 15) is 9.59 Å². The summed E-state index contributed by atoms with van der Waals surface area (Å²) in [7, 11) is 0. The third-order valence-corrected chi connectivity index (χ3v) is 3.93. The average molecular weight is 340 g/mol. The molecule has 25 heavy (non-hydrogen) atoms. The molecule has 5 nitrogen and oxygen atoms in total. The van der Waals surface area contributed by atoms with Crippen LogP contribution in [-0.2, 0) is 11.2 Å². The highest BCUT2D eigenvalue weighted by Gasteiger charge is 2.14. The highest BCUT2D eigenvalue weighted by Crippen LogP contribution is 2.19. The molecule has 0 aliphatic heterocycles. The lowest BCUT2D eigenvalue weighted by Gasteiger charge is -2.19. The van der Waals surface area contributed by atoms with Gasteiger partial charge in [0.2, 0.25) is 0 Å². The molecule has 0 aromatic heterocycles. The van der Waals surface area contributed by atoms with Crippen molar-refractivity contribution in [3.8, 4) is 0 Å². The monoisotopic (exact) mass is 340 g/mol. The first-order chi connectivity index (χ1) is 12.1. The Balaban J connectivity index is 1.89. The molecule has 0 radical (unpaired) electrons. The second-order valence-electron chi connectivity index (χ2n) is 5.89. The number of amides is 2. The van der Waals surface area contributed by atoms with Crippen molar-refractivity contribution in [2.45, 2.75) is 31.7 Å². The van der Waals surface area contributed by atoms with Crippen molar-refractivity contribution >= 4 is 12.0 Å². The number of carbonyl (C=O) groups excluding carboxylic acids is 1. The number of aryl methyl sites for hydroxylation is 1. The van der Waals surface area contributed by atoms with Gasteiger partial charge >= 0.3 is 12.0 Å². The summed E-state index contributed by atoms with van der Waals surface area (Å²) < 4.78 is 0. The number of carboxylic acids is 1. The smallest absolute Gasteiger partial charge is 0.315 e. The van der Waals surface area contributed by atoms with E-state index in [0.29, 0.717) is 0 Å². The zero-order valence-corrected chi connectivity index (χ0v) is 14.2. The highest BCUT2D eigenvalue weighted by atomic mass is 16.4. The molecule has 0 aliphatic rings. The van der Waals surface area contributed by atoms with E-state index in [1.54, 1.807) is 0 Å². The number of hydrogen-bond acceptors (Lipinski definition) is 2. The fraction of sp³-hybridized carbons (Fsp3) is 0.300. The van der Waals surface area contributed by atoms with Crippen LogP contribution in [0.25, 0.3) is 0 Å². The van der Waals surface area contributed by atoms with Crippen molar-refractivity contribution in [3.63, 3.8) is 0 Å². The SMILES string of the molecule is O=C(O)CCNC(=O)NC(CCCc1ccccc1)c1ccccc1. The third-order valence-electron chi connectivity index (χ3n) is 3.93. The lowest BCUT2D eigenvalue weighted by Crippen LogP contribution is -2.39. The molecular formula is C20H24N2O3. The van der Waals surface area contributed by atoms with Gasteiger partial charge in [-0.15, -0.1) is 0 Å². The minimum Gasteiger partial charge on any atom is -0.481 e.